The van der Waals surface area contributed by atoms with E-state index < -0.39 is 0 Å². The Morgan fingerprint density at radius 1 is 0.946 bits per heavy atom. The van der Waals surface area contributed by atoms with Gasteiger partial charge in [0.25, 0.3) is 5.56 Å². The van der Waals surface area contributed by atoms with Gasteiger partial charge in [-0.05, 0) is 72.9 Å². The van der Waals surface area contributed by atoms with Crippen LogP contribution in [0.3, 0.4) is 0 Å². The van der Waals surface area contributed by atoms with Gasteiger partial charge in [0.05, 0.1) is 22.2 Å². The predicted molar refractivity (Wildman–Crippen MR) is 149 cm³/mol. The molecule has 5 rings (SSSR count). The lowest BCUT2D eigenvalue weighted by molar-refractivity contribution is 0.208. The summed E-state index contributed by atoms with van der Waals surface area (Å²) < 4.78 is 19.9. The summed E-state index contributed by atoms with van der Waals surface area (Å²) in [5, 5.41) is 0. The van der Waals surface area contributed by atoms with E-state index in [1.807, 2.05) is 67.6 Å². The van der Waals surface area contributed by atoms with E-state index in [9.17, 15) is 4.79 Å². The fourth-order valence-electron chi connectivity index (χ4n) is 4.20. The van der Waals surface area contributed by atoms with Crippen LogP contribution in [0.1, 0.15) is 44.2 Å². The standard InChI is InChI=1S/C30H30N2O4S/c1-4-20(3)22-11-13-23(14-12-22)35-16-17-36-26-15-10-21(18-27(26)34-5-2)19-28-29(33)32-25-9-7-6-8-24(25)31-30(32)37-28/h6-15,18-20H,4-5,16-17H2,1-3H3/b28-19-/t20-/m0/s1. The van der Waals surface area contributed by atoms with Crippen LogP contribution in [-0.4, -0.2) is 29.2 Å². The second-order valence-corrected chi connectivity index (χ2v) is 9.86. The largest absolute Gasteiger partial charge is 0.490 e. The molecule has 2 aromatic heterocycles. The highest BCUT2D eigenvalue weighted by molar-refractivity contribution is 7.15. The summed E-state index contributed by atoms with van der Waals surface area (Å²) in [5.41, 5.74) is 3.76. The molecular formula is C30H30N2O4S. The third-order valence-corrected chi connectivity index (χ3v) is 7.35. The Labute approximate surface area is 219 Å². The Morgan fingerprint density at radius 2 is 1.73 bits per heavy atom. The zero-order chi connectivity index (χ0) is 25.8. The molecule has 0 amide bonds. The van der Waals surface area contributed by atoms with E-state index in [4.69, 9.17) is 14.2 Å². The van der Waals surface area contributed by atoms with Crippen LogP contribution in [0.2, 0.25) is 0 Å². The topological polar surface area (TPSA) is 62.1 Å². The smallest absolute Gasteiger partial charge is 0.274 e. The highest BCUT2D eigenvalue weighted by Gasteiger charge is 2.12. The molecule has 190 valence electrons. The Hall–Kier alpha value is -3.84. The van der Waals surface area contributed by atoms with E-state index >= 15 is 0 Å². The number of ether oxygens (including phenoxy) is 3. The molecule has 0 bridgehead atoms. The quantitative estimate of drug-likeness (QED) is 0.220. The monoisotopic (exact) mass is 514 g/mol. The number of thiazole rings is 1. The number of imidazole rings is 1. The average Bonchev–Trinajstić information content (AvgIpc) is 3.43. The molecule has 0 saturated carbocycles. The fraction of sp³-hybridized carbons (Fsp3) is 0.267. The van der Waals surface area contributed by atoms with Gasteiger partial charge in [-0.15, -0.1) is 0 Å². The van der Waals surface area contributed by atoms with Crippen LogP contribution in [0.5, 0.6) is 17.2 Å². The van der Waals surface area contributed by atoms with E-state index in [1.165, 1.54) is 16.9 Å². The molecule has 6 nitrogen and oxygen atoms in total. The first-order valence-corrected chi connectivity index (χ1v) is 13.4. The van der Waals surface area contributed by atoms with E-state index in [1.54, 1.807) is 4.40 Å². The molecule has 0 unspecified atom stereocenters. The summed E-state index contributed by atoms with van der Waals surface area (Å²) in [5.74, 6) is 2.65. The number of benzene rings is 3. The van der Waals surface area contributed by atoms with Crippen molar-refractivity contribution in [3.63, 3.8) is 0 Å². The van der Waals surface area contributed by atoms with Crippen molar-refractivity contribution in [2.75, 3.05) is 19.8 Å². The van der Waals surface area contributed by atoms with Crippen LogP contribution in [0, 0.1) is 0 Å². The van der Waals surface area contributed by atoms with E-state index in [0.29, 0.717) is 46.7 Å². The van der Waals surface area contributed by atoms with Crippen LogP contribution in [0.25, 0.3) is 22.1 Å². The molecule has 7 heteroatoms. The average molecular weight is 515 g/mol. The predicted octanol–water partition coefficient (Wildman–Crippen LogP) is 5.83. The lowest BCUT2D eigenvalue weighted by atomic mass is 9.99. The number of hydrogen-bond donors (Lipinski definition) is 0. The molecule has 3 aromatic carbocycles. The summed E-state index contributed by atoms with van der Waals surface area (Å²) >= 11 is 1.38. The van der Waals surface area contributed by atoms with Gasteiger partial charge in [0, 0.05) is 0 Å². The second-order valence-electron chi connectivity index (χ2n) is 8.85. The SMILES string of the molecule is CCOc1cc(/C=c2\sc3nc4ccccc4n3c2=O)ccc1OCCOc1ccc([C@@H](C)CC)cc1. The third kappa shape index (κ3) is 5.32. The highest BCUT2D eigenvalue weighted by Crippen LogP contribution is 2.29. The lowest BCUT2D eigenvalue weighted by Gasteiger charge is -2.14. The number of rotatable bonds is 10. The van der Waals surface area contributed by atoms with Gasteiger partial charge in [0.1, 0.15) is 19.0 Å². The van der Waals surface area contributed by atoms with E-state index in [2.05, 4.69) is 31.0 Å². The Bertz CT molecular complexity index is 1620. The van der Waals surface area contributed by atoms with Gasteiger partial charge < -0.3 is 14.2 Å². The molecule has 1 atom stereocenters. The van der Waals surface area contributed by atoms with Crippen LogP contribution >= 0.6 is 11.3 Å². The summed E-state index contributed by atoms with van der Waals surface area (Å²) in [6.45, 7) is 7.66. The molecular weight excluding hydrogens is 484 g/mol. The van der Waals surface area contributed by atoms with Gasteiger partial charge in [-0.25, -0.2) is 9.38 Å². The molecule has 0 spiro atoms. The number of para-hydroxylation sites is 2. The van der Waals surface area contributed by atoms with Gasteiger partial charge in [0.15, 0.2) is 16.5 Å². The molecule has 0 aliphatic carbocycles. The van der Waals surface area contributed by atoms with Gasteiger partial charge >= 0.3 is 0 Å². The number of hydrogen-bond acceptors (Lipinski definition) is 6. The number of fused-ring (bicyclic) bond motifs is 3. The number of aromatic nitrogens is 2. The van der Waals surface area contributed by atoms with Crippen molar-refractivity contribution >= 4 is 33.4 Å². The normalized spacial score (nSPS) is 12.8. The van der Waals surface area contributed by atoms with Crippen LogP contribution < -0.4 is 24.3 Å². The Balaban J connectivity index is 1.29. The summed E-state index contributed by atoms with van der Waals surface area (Å²) in [7, 11) is 0. The molecule has 2 heterocycles. The molecule has 0 N–H and O–H groups in total. The van der Waals surface area contributed by atoms with Crippen LogP contribution in [-0.2, 0) is 0 Å². The van der Waals surface area contributed by atoms with Gasteiger partial charge in [-0.1, -0.05) is 55.5 Å². The van der Waals surface area contributed by atoms with E-state index in [-0.39, 0.29) is 5.56 Å². The van der Waals surface area contributed by atoms with Crippen molar-refractivity contribution in [2.45, 2.75) is 33.1 Å². The summed E-state index contributed by atoms with van der Waals surface area (Å²) in [6.07, 6.45) is 2.98. The first kappa shape index (κ1) is 24.8. The van der Waals surface area contributed by atoms with Crippen LogP contribution in [0.15, 0.2) is 71.5 Å². The van der Waals surface area contributed by atoms with Crippen LogP contribution in [0.4, 0.5) is 0 Å². The zero-order valence-corrected chi connectivity index (χ0v) is 22.1. The van der Waals surface area contributed by atoms with Crippen molar-refractivity contribution in [1.82, 2.24) is 9.38 Å². The van der Waals surface area contributed by atoms with Crippen molar-refractivity contribution in [3.8, 4) is 17.2 Å². The first-order chi connectivity index (χ1) is 18.1. The highest BCUT2D eigenvalue weighted by atomic mass is 32.1. The third-order valence-electron chi connectivity index (χ3n) is 6.38. The summed E-state index contributed by atoms with van der Waals surface area (Å²) in [6, 6.07) is 21.6. The summed E-state index contributed by atoms with van der Waals surface area (Å²) in [4.78, 5) is 18.4. The molecule has 0 fully saturated rings. The first-order valence-electron chi connectivity index (χ1n) is 12.6. The van der Waals surface area contributed by atoms with Gasteiger partial charge in [0.2, 0.25) is 0 Å². The van der Waals surface area contributed by atoms with E-state index in [0.717, 1.165) is 28.8 Å². The maximum Gasteiger partial charge on any atom is 0.274 e. The molecule has 0 aliphatic rings. The minimum absolute atomic E-state index is 0.0682. The molecule has 0 radical (unpaired) electrons. The number of nitrogens with zero attached hydrogens (tertiary/aromatic N) is 2. The maximum atomic E-state index is 13.1. The molecule has 0 aliphatic heterocycles. The van der Waals surface area contributed by atoms with Gasteiger partial charge in [-0.3, -0.25) is 4.79 Å². The van der Waals surface area contributed by atoms with Crippen molar-refractivity contribution in [1.29, 1.82) is 0 Å². The second kappa shape index (κ2) is 11.0. The lowest BCUT2D eigenvalue weighted by Crippen LogP contribution is -2.22. The fourth-order valence-corrected chi connectivity index (χ4v) is 5.19. The molecule has 5 aromatic rings. The zero-order valence-electron chi connectivity index (χ0n) is 21.3. The Morgan fingerprint density at radius 3 is 2.51 bits per heavy atom. The maximum absolute atomic E-state index is 13.1. The van der Waals surface area contributed by atoms with Gasteiger partial charge in [-0.2, -0.15) is 0 Å². The molecule has 37 heavy (non-hydrogen) atoms. The minimum Gasteiger partial charge on any atom is -0.490 e. The van der Waals surface area contributed by atoms with Crippen molar-refractivity contribution in [2.24, 2.45) is 0 Å². The van der Waals surface area contributed by atoms with Crippen molar-refractivity contribution in [3.05, 3.63) is 92.7 Å². The van der Waals surface area contributed by atoms with Crippen molar-refractivity contribution < 1.29 is 14.2 Å². The Kier molecular flexibility index (Phi) is 7.42. The minimum atomic E-state index is -0.0682. The molecule has 0 saturated heterocycles.